The molecular weight excluding hydrogens is 186 g/mol. The minimum atomic E-state index is 0.0176. The van der Waals surface area contributed by atoms with Crippen molar-refractivity contribution in [3.05, 3.63) is 16.5 Å². The zero-order chi connectivity index (χ0) is 10.0. The standard InChI is InChI=1S/C8H13N3OS/c1-5-4-6(10-9)13-7(5)8(12)11(2)3/h4,10H,9H2,1-3H3. The second-order valence-electron chi connectivity index (χ2n) is 2.97. The Bertz CT molecular complexity index is 319. The van der Waals surface area contributed by atoms with Gasteiger partial charge >= 0.3 is 0 Å². The predicted molar refractivity (Wildman–Crippen MR) is 54.9 cm³/mol. The van der Waals surface area contributed by atoms with Crippen molar-refractivity contribution in [3.8, 4) is 0 Å². The van der Waals surface area contributed by atoms with Gasteiger partial charge < -0.3 is 10.3 Å². The predicted octanol–water partition coefficient (Wildman–Crippen LogP) is 1.04. The van der Waals surface area contributed by atoms with Crippen LogP contribution in [0, 0.1) is 6.92 Å². The number of rotatable bonds is 2. The van der Waals surface area contributed by atoms with E-state index in [0.717, 1.165) is 15.4 Å². The van der Waals surface area contributed by atoms with Crippen LogP contribution in [-0.4, -0.2) is 24.9 Å². The van der Waals surface area contributed by atoms with Crippen LogP contribution in [0.5, 0.6) is 0 Å². The van der Waals surface area contributed by atoms with Crippen molar-refractivity contribution in [1.82, 2.24) is 4.90 Å². The van der Waals surface area contributed by atoms with Crippen molar-refractivity contribution >= 4 is 22.2 Å². The summed E-state index contributed by atoms with van der Waals surface area (Å²) in [6, 6.07) is 1.86. The van der Waals surface area contributed by atoms with Gasteiger partial charge in [-0.3, -0.25) is 4.79 Å². The van der Waals surface area contributed by atoms with E-state index in [2.05, 4.69) is 5.43 Å². The first-order chi connectivity index (χ1) is 6.06. The van der Waals surface area contributed by atoms with Crippen LogP contribution in [0.25, 0.3) is 0 Å². The summed E-state index contributed by atoms with van der Waals surface area (Å²) in [7, 11) is 3.47. The number of aryl methyl sites for hydroxylation is 1. The molecule has 0 fully saturated rings. The molecule has 0 saturated heterocycles. The van der Waals surface area contributed by atoms with Crippen LogP contribution in [0.3, 0.4) is 0 Å². The molecule has 1 aromatic heterocycles. The van der Waals surface area contributed by atoms with Crippen molar-refractivity contribution in [2.24, 2.45) is 5.84 Å². The quantitative estimate of drug-likeness (QED) is 0.553. The fraction of sp³-hybridized carbons (Fsp3) is 0.375. The molecule has 0 aliphatic carbocycles. The number of hydrogen-bond acceptors (Lipinski definition) is 4. The highest BCUT2D eigenvalue weighted by atomic mass is 32.1. The Morgan fingerprint density at radius 2 is 2.23 bits per heavy atom. The number of nitrogens with two attached hydrogens (primary N) is 1. The number of amides is 1. The van der Waals surface area contributed by atoms with Crippen LogP contribution in [0.2, 0.25) is 0 Å². The lowest BCUT2D eigenvalue weighted by molar-refractivity contribution is 0.0831. The molecule has 1 rings (SSSR count). The molecule has 1 heterocycles. The number of carbonyl (C=O) groups is 1. The van der Waals surface area contributed by atoms with Gasteiger partial charge in [-0.15, -0.1) is 11.3 Å². The van der Waals surface area contributed by atoms with E-state index >= 15 is 0 Å². The highest BCUT2D eigenvalue weighted by Crippen LogP contribution is 2.26. The van der Waals surface area contributed by atoms with E-state index in [1.165, 1.54) is 11.3 Å². The van der Waals surface area contributed by atoms with Crippen molar-refractivity contribution in [2.75, 3.05) is 19.5 Å². The molecular formula is C8H13N3OS. The third kappa shape index (κ3) is 1.99. The van der Waals surface area contributed by atoms with Gasteiger partial charge in [0.25, 0.3) is 5.91 Å². The smallest absolute Gasteiger partial charge is 0.263 e. The zero-order valence-electron chi connectivity index (χ0n) is 7.92. The van der Waals surface area contributed by atoms with E-state index in [9.17, 15) is 4.79 Å². The lowest BCUT2D eigenvalue weighted by Gasteiger charge is -2.08. The van der Waals surface area contributed by atoms with Gasteiger partial charge in [-0.2, -0.15) is 0 Å². The molecule has 0 unspecified atom stereocenters. The minimum absolute atomic E-state index is 0.0176. The summed E-state index contributed by atoms with van der Waals surface area (Å²) in [6.07, 6.45) is 0. The first-order valence-electron chi connectivity index (χ1n) is 3.85. The van der Waals surface area contributed by atoms with Crippen LogP contribution in [0.15, 0.2) is 6.07 Å². The summed E-state index contributed by atoms with van der Waals surface area (Å²) in [5, 5.41) is 0.808. The molecule has 72 valence electrons. The number of hydrazine groups is 1. The molecule has 4 nitrogen and oxygen atoms in total. The summed E-state index contributed by atoms with van der Waals surface area (Å²) in [6.45, 7) is 1.90. The van der Waals surface area contributed by atoms with Crippen molar-refractivity contribution in [3.63, 3.8) is 0 Å². The van der Waals surface area contributed by atoms with Crippen molar-refractivity contribution < 1.29 is 4.79 Å². The number of thiophene rings is 1. The molecule has 1 amide bonds. The monoisotopic (exact) mass is 199 g/mol. The first kappa shape index (κ1) is 10.0. The normalized spacial score (nSPS) is 9.85. The summed E-state index contributed by atoms with van der Waals surface area (Å²) in [4.78, 5) is 13.9. The lowest BCUT2D eigenvalue weighted by atomic mass is 10.3. The number of nitrogens with zero attached hydrogens (tertiary/aromatic N) is 1. The molecule has 0 spiro atoms. The Balaban J connectivity index is 3.00. The Hall–Kier alpha value is -1.07. The number of nitrogen functional groups attached to an aromatic ring is 1. The average Bonchev–Trinajstić information content (AvgIpc) is 2.45. The molecule has 0 aromatic carbocycles. The van der Waals surface area contributed by atoms with E-state index in [4.69, 9.17) is 5.84 Å². The summed E-state index contributed by atoms with van der Waals surface area (Å²) < 4.78 is 0. The van der Waals surface area contributed by atoms with Crippen LogP contribution >= 0.6 is 11.3 Å². The molecule has 0 radical (unpaired) electrons. The Morgan fingerprint density at radius 1 is 1.62 bits per heavy atom. The maximum absolute atomic E-state index is 11.6. The van der Waals surface area contributed by atoms with E-state index < -0.39 is 0 Å². The van der Waals surface area contributed by atoms with Crippen molar-refractivity contribution in [2.45, 2.75) is 6.92 Å². The fourth-order valence-corrected chi connectivity index (χ4v) is 1.97. The minimum Gasteiger partial charge on any atom is -0.344 e. The van der Waals surface area contributed by atoms with Crippen LogP contribution < -0.4 is 11.3 Å². The van der Waals surface area contributed by atoms with Crippen molar-refractivity contribution in [1.29, 1.82) is 0 Å². The summed E-state index contributed by atoms with van der Waals surface area (Å²) in [5.74, 6) is 5.26. The van der Waals surface area contributed by atoms with E-state index in [-0.39, 0.29) is 5.91 Å². The number of nitrogens with one attached hydrogen (secondary N) is 1. The van der Waals surface area contributed by atoms with Gasteiger partial charge in [-0.1, -0.05) is 0 Å². The molecule has 0 saturated carbocycles. The van der Waals surface area contributed by atoms with Gasteiger partial charge in [0.2, 0.25) is 0 Å². The van der Waals surface area contributed by atoms with Crippen LogP contribution in [-0.2, 0) is 0 Å². The number of carbonyl (C=O) groups excluding carboxylic acids is 1. The fourth-order valence-electron chi connectivity index (χ4n) is 0.969. The van der Waals surface area contributed by atoms with E-state index in [1.54, 1.807) is 19.0 Å². The zero-order valence-corrected chi connectivity index (χ0v) is 8.73. The maximum atomic E-state index is 11.6. The average molecular weight is 199 g/mol. The molecule has 5 heteroatoms. The molecule has 0 aliphatic rings. The van der Waals surface area contributed by atoms with Gasteiger partial charge in [-0.05, 0) is 18.6 Å². The number of anilines is 1. The highest BCUT2D eigenvalue weighted by Gasteiger charge is 2.14. The van der Waals surface area contributed by atoms with Gasteiger partial charge in [0.15, 0.2) is 0 Å². The van der Waals surface area contributed by atoms with Crippen LogP contribution in [0.1, 0.15) is 15.2 Å². The first-order valence-corrected chi connectivity index (χ1v) is 4.66. The molecule has 3 N–H and O–H groups in total. The SMILES string of the molecule is Cc1cc(NN)sc1C(=O)N(C)C. The molecule has 0 bridgehead atoms. The Morgan fingerprint density at radius 3 is 2.62 bits per heavy atom. The van der Waals surface area contributed by atoms with Gasteiger partial charge in [-0.25, -0.2) is 5.84 Å². The number of hydrogen-bond donors (Lipinski definition) is 2. The Labute approximate surface area is 81.3 Å². The Kier molecular flexibility index (Phi) is 2.90. The lowest BCUT2D eigenvalue weighted by Crippen LogP contribution is -2.21. The van der Waals surface area contributed by atoms with Gasteiger partial charge in [0.1, 0.15) is 5.00 Å². The molecule has 0 atom stereocenters. The summed E-state index contributed by atoms with van der Waals surface area (Å²) >= 11 is 1.37. The van der Waals surface area contributed by atoms with E-state index in [0.29, 0.717) is 0 Å². The third-order valence-corrected chi connectivity index (χ3v) is 2.82. The topological polar surface area (TPSA) is 58.4 Å². The van der Waals surface area contributed by atoms with Gasteiger partial charge in [0, 0.05) is 14.1 Å². The third-order valence-electron chi connectivity index (χ3n) is 1.66. The second-order valence-corrected chi connectivity index (χ2v) is 4.02. The molecule has 0 aliphatic heterocycles. The van der Waals surface area contributed by atoms with Crippen LogP contribution in [0.4, 0.5) is 5.00 Å². The maximum Gasteiger partial charge on any atom is 0.263 e. The molecule has 1 aromatic rings. The van der Waals surface area contributed by atoms with Gasteiger partial charge in [0.05, 0.1) is 4.88 Å². The highest BCUT2D eigenvalue weighted by molar-refractivity contribution is 7.18. The van der Waals surface area contributed by atoms with E-state index in [1.807, 2.05) is 13.0 Å². The molecule has 13 heavy (non-hydrogen) atoms. The second kappa shape index (κ2) is 3.76. The summed E-state index contributed by atoms with van der Waals surface area (Å²) in [5.41, 5.74) is 3.48. The largest absolute Gasteiger partial charge is 0.344 e.